The molecule has 0 aromatic heterocycles. The standard InChI is InChI=1S/C13H12F3IO2/c14-10-3-1-2-7-4-9(13(15,16)11(7)10)12-18-5-8(17)6-19-12/h1-3,8-9,12H,4-6H2. The maximum absolute atomic E-state index is 14.3. The molecule has 3 rings (SSSR count). The van der Waals surface area contributed by atoms with Crippen molar-refractivity contribution in [3.05, 3.63) is 35.1 Å². The van der Waals surface area contributed by atoms with Crippen molar-refractivity contribution < 1.29 is 22.6 Å². The fraction of sp³-hybridized carbons (Fsp3) is 0.538. The second-order valence-corrected chi connectivity index (χ2v) is 6.60. The Bertz CT molecular complexity index is 487. The van der Waals surface area contributed by atoms with E-state index in [2.05, 4.69) is 22.6 Å². The molecule has 0 amide bonds. The first-order valence-electron chi connectivity index (χ1n) is 6.03. The van der Waals surface area contributed by atoms with Crippen LogP contribution < -0.4 is 0 Å². The zero-order valence-electron chi connectivity index (χ0n) is 9.91. The number of benzene rings is 1. The maximum Gasteiger partial charge on any atom is 0.284 e. The van der Waals surface area contributed by atoms with E-state index in [4.69, 9.17) is 9.47 Å². The molecule has 19 heavy (non-hydrogen) atoms. The summed E-state index contributed by atoms with van der Waals surface area (Å²) in [6, 6.07) is 4.06. The van der Waals surface area contributed by atoms with E-state index in [9.17, 15) is 13.2 Å². The number of hydrogen-bond donors (Lipinski definition) is 0. The fourth-order valence-electron chi connectivity index (χ4n) is 2.66. The Morgan fingerprint density at radius 2 is 1.89 bits per heavy atom. The maximum atomic E-state index is 14.3. The first kappa shape index (κ1) is 13.6. The van der Waals surface area contributed by atoms with Crippen LogP contribution in [0.15, 0.2) is 18.2 Å². The predicted molar refractivity (Wildman–Crippen MR) is 71.0 cm³/mol. The summed E-state index contributed by atoms with van der Waals surface area (Å²) in [7, 11) is 0. The van der Waals surface area contributed by atoms with Gasteiger partial charge in [-0.1, -0.05) is 34.7 Å². The van der Waals surface area contributed by atoms with Gasteiger partial charge in [-0.05, 0) is 18.1 Å². The van der Waals surface area contributed by atoms with E-state index in [0.29, 0.717) is 18.8 Å². The van der Waals surface area contributed by atoms with E-state index in [1.54, 1.807) is 0 Å². The van der Waals surface area contributed by atoms with Crippen LogP contribution in [-0.4, -0.2) is 23.4 Å². The minimum absolute atomic E-state index is 0.0800. The number of hydrogen-bond acceptors (Lipinski definition) is 2. The van der Waals surface area contributed by atoms with Gasteiger partial charge in [0.1, 0.15) is 5.82 Å². The molecule has 1 aliphatic carbocycles. The third-order valence-electron chi connectivity index (χ3n) is 3.55. The largest absolute Gasteiger partial charge is 0.351 e. The molecule has 1 atom stereocenters. The van der Waals surface area contributed by atoms with Gasteiger partial charge in [0.2, 0.25) is 0 Å². The smallest absolute Gasteiger partial charge is 0.284 e. The summed E-state index contributed by atoms with van der Waals surface area (Å²) in [6.45, 7) is 0.771. The number of alkyl halides is 3. The zero-order valence-corrected chi connectivity index (χ0v) is 12.1. The van der Waals surface area contributed by atoms with Crippen LogP contribution in [0.3, 0.4) is 0 Å². The molecule has 1 aromatic rings. The first-order chi connectivity index (χ1) is 9.00. The Hall–Kier alpha value is -0.340. The third kappa shape index (κ3) is 2.27. The topological polar surface area (TPSA) is 18.5 Å². The van der Waals surface area contributed by atoms with E-state index in [0.717, 1.165) is 6.07 Å². The van der Waals surface area contributed by atoms with Gasteiger partial charge in [-0.2, -0.15) is 0 Å². The van der Waals surface area contributed by atoms with Crippen molar-refractivity contribution in [3.8, 4) is 0 Å². The third-order valence-corrected chi connectivity index (χ3v) is 4.27. The molecule has 0 spiro atoms. The molecule has 1 saturated heterocycles. The highest BCUT2D eigenvalue weighted by Crippen LogP contribution is 2.49. The van der Waals surface area contributed by atoms with E-state index in [1.807, 2.05) is 0 Å². The average molecular weight is 384 g/mol. The normalized spacial score (nSPS) is 33.2. The summed E-state index contributed by atoms with van der Waals surface area (Å²) in [5.74, 6) is -5.25. The molecule has 0 saturated carbocycles. The van der Waals surface area contributed by atoms with Crippen LogP contribution in [0, 0.1) is 11.7 Å². The number of fused-ring (bicyclic) bond motifs is 1. The highest BCUT2D eigenvalue weighted by Gasteiger charge is 2.54. The first-order valence-corrected chi connectivity index (χ1v) is 7.27. The summed E-state index contributed by atoms with van der Waals surface area (Å²) in [5, 5.41) is 0. The van der Waals surface area contributed by atoms with Gasteiger partial charge < -0.3 is 9.47 Å². The van der Waals surface area contributed by atoms with Crippen LogP contribution >= 0.6 is 22.6 Å². The van der Waals surface area contributed by atoms with Crippen LogP contribution in [0.25, 0.3) is 0 Å². The summed E-state index contributed by atoms with van der Waals surface area (Å²) in [5.41, 5.74) is -0.150. The molecule has 0 N–H and O–H groups in total. The minimum Gasteiger partial charge on any atom is -0.351 e. The zero-order chi connectivity index (χ0) is 13.6. The lowest BCUT2D eigenvalue weighted by Crippen LogP contribution is -2.42. The Morgan fingerprint density at radius 3 is 2.53 bits per heavy atom. The molecule has 1 aliphatic heterocycles. The molecule has 1 heterocycles. The van der Waals surface area contributed by atoms with E-state index >= 15 is 0 Å². The molecular formula is C13H12F3IO2. The summed E-state index contributed by atoms with van der Waals surface area (Å²) >= 11 is 2.15. The number of halogens is 4. The second kappa shape index (κ2) is 4.89. The Morgan fingerprint density at radius 1 is 1.21 bits per heavy atom. The van der Waals surface area contributed by atoms with Crippen molar-refractivity contribution >= 4 is 22.6 Å². The summed E-state index contributed by atoms with van der Waals surface area (Å²) in [4.78, 5) is 0. The summed E-state index contributed by atoms with van der Waals surface area (Å²) in [6.07, 6.45) is -0.885. The lowest BCUT2D eigenvalue weighted by atomic mass is 10.0. The quantitative estimate of drug-likeness (QED) is 0.547. The Balaban J connectivity index is 1.89. The van der Waals surface area contributed by atoms with Crippen LogP contribution in [0.5, 0.6) is 0 Å². The van der Waals surface area contributed by atoms with Gasteiger partial charge in [0, 0.05) is 0 Å². The molecule has 1 aromatic carbocycles. The van der Waals surface area contributed by atoms with E-state index < -0.39 is 29.5 Å². The van der Waals surface area contributed by atoms with Gasteiger partial charge in [-0.15, -0.1) is 0 Å². The highest BCUT2D eigenvalue weighted by atomic mass is 127. The van der Waals surface area contributed by atoms with Crippen LogP contribution in [-0.2, 0) is 21.8 Å². The van der Waals surface area contributed by atoms with Gasteiger partial charge in [-0.3, -0.25) is 0 Å². The molecule has 6 heteroatoms. The van der Waals surface area contributed by atoms with Crippen molar-refractivity contribution in [2.24, 2.45) is 5.92 Å². The molecule has 2 aliphatic rings. The molecule has 104 valence electrons. The number of ether oxygens (including phenoxy) is 2. The fourth-order valence-corrected chi connectivity index (χ4v) is 3.07. The lowest BCUT2D eigenvalue weighted by molar-refractivity contribution is -0.242. The van der Waals surface area contributed by atoms with Crippen molar-refractivity contribution in [2.75, 3.05) is 13.2 Å². The van der Waals surface area contributed by atoms with E-state index in [-0.39, 0.29) is 10.3 Å². The monoisotopic (exact) mass is 384 g/mol. The van der Waals surface area contributed by atoms with Crippen molar-refractivity contribution in [3.63, 3.8) is 0 Å². The molecule has 2 nitrogen and oxygen atoms in total. The number of rotatable bonds is 1. The predicted octanol–water partition coefficient (Wildman–Crippen LogP) is 3.27. The van der Waals surface area contributed by atoms with Crippen LogP contribution in [0.2, 0.25) is 0 Å². The lowest BCUT2D eigenvalue weighted by Gasteiger charge is -2.33. The van der Waals surface area contributed by atoms with Gasteiger partial charge in [0.15, 0.2) is 6.29 Å². The van der Waals surface area contributed by atoms with Crippen molar-refractivity contribution in [1.82, 2.24) is 0 Å². The van der Waals surface area contributed by atoms with Crippen LogP contribution in [0.1, 0.15) is 11.1 Å². The van der Waals surface area contributed by atoms with Crippen LogP contribution in [0.4, 0.5) is 13.2 Å². The second-order valence-electron chi connectivity index (χ2n) is 4.84. The molecule has 1 unspecified atom stereocenters. The van der Waals surface area contributed by atoms with Gasteiger partial charge >= 0.3 is 0 Å². The Kier molecular flexibility index (Phi) is 3.51. The molecule has 1 fully saturated rings. The van der Waals surface area contributed by atoms with Crippen molar-refractivity contribution in [1.29, 1.82) is 0 Å². The minimum atomic E-state index is -3.25. The van der Waals surface area contributed by atoms with Gasteiger partial charge in [0.05, 0.1) is 28.6 Å². The van der Waals surface area contributed by atoms with Crippen molar-refractivity contribution in [2.45, 2.75) is 22.6 Å². The Labute approximate surface area is 122 Å². The summed E-state index contributed by atoms with van der Waals surface area (Å²) < 4.78 is 53.2. The SMILES string of the molecule is Fc1cccc2c1C(F)(F)C(C1OCC(I)CO1)C2. The molecular weight excluding hydrogens is 372 g/mol. The van der Waals surface area contributed by atoms with E-state index in [1.165, 1.54) is 12.1 Å². The van der Waals surface area contributed by atoms with Gasteiger partial charge in [0.25, 0.3) is 5.92 Å². The highest BCUT2D eigenvalue weighted by molar-refractivity contribution is 14.1. The average Bonchev–Trinajstić information content (AvgIpc) is 2.63. The molecule has 0 bridgehead atoms. The van der Waals surface area contributed by atoms with Gasteiger partial charge in [-0.25, -0.2) is 13.2 Å². The molecule has 0 radical (unpaired) electrons.